The second-order valence-electron chi connectivity index (χ2n) is 10.9. The summed E-state index contributed by atoms with van der Waals surface area (Å²) in [5.41, 5.74) is 2.62. The van der Waals surface area contributed by atoms with Gasteiger partial charge in [-0.1, -0.05) is 12.8 Å². The number of aromatic nitrogens is 3. The molecule has 1 atom stereocenters. The monoisotopic (exact) mass is 525 g/mol. The summed E-state index contributed by atoms with van der Waals surface area (Å²) in [5, 5.41) is 14.4. The summed E-state index contributed by atoms with van der Waals surface area (Å²) in [6, 6.07) is 6.67. The maximum atomic E-state index is 15.6. The maximum Gasteiger partial charge on any atom is 0.229 e. The first-order valence-electron chi connectivity index (χ1n) is 13.6. The molecule has 38 heavy (non-hydrogen) atoms. The number of nitrogens with zero attached hydrogens (tertiary/aromatic N) is 6. The van der Waals surface area contributed by atoms with E-state index in [1.165, 1.54) is 6.20 Å². The third kappa shape index (κ3) is 5.04. The molecule has 0 bridgehead atoms. The maximum absolute atomic E-state index is 15.6. The van der Waals surface area contributed by atoms with Crippen LogP contribution in [0.15, 0.2) is 24.4 Å². The standard InChI is InChI=1S/C28H40FN7O2/c1-18(2)34-12-14-35(15-13-34)22-11-10-19(16-23(22)38-5)31-28-30-17-21-24(29)25(27(37)33(3)4)36(26(21)32-28)20-8-6-7-9-20/h10-11,16-18,20,27,37H,6-9,12-15H2,1-5H3,(H,30,31,32). The highest BCUT2D eigenvalue weighted by atomic mass is 19.1. The molecular weight excluding hydrogens is 485 g/mol. The van der Waals surface area contributed by atoms with Gasteiger partial charge in [-0.05, 0) is 52.9 Å². The van der Waals surface area contributed by atoms with Crippen LogP contribution < -0.4 is 15.0 Å². The minimum atomic E-state index is -1.07. The zero-order valence-electron chi connectivity index (χ0n) is 23.1. The number of rotatable bonds is 8. The Bertz CT molecular complexity index is 1260. The number of benzene rings is 1. The number of anilines is 3. The highest BCUT2D eigenvalue weighted by Crippen LogP contribution is 2.39. The van der Waals surface area contributed by atoms with E-state index in [1.807, 2.05) is 16.7 Å². The van der Waals surface area contributed by atoms with E-state index in [0.717, 1.165) is 69.0 Å². The van der Waals surface area contributed by atoms with Crippen molar-refractivity contribution in [1.29, 1.82) is 0 Å². The summed E-state index contributed by atoms with van der Waals surface area (Å²) < 4.78 is 23.2. The SMILES string of the molecule is COc1cc(Nc2ncc3c(F)c(C(O)N(C)C)n(C4CCCC4)c3n2)ccc1N1CCN(C(C)C)CC1. The van der Waals surface area contributed by atoms with Gasteiger partial charge < -0.3 is 24.6 Å². The average Bonchev–Trinajstić information content (AvgIpc) is 3.54. The summed E-state index contributed by atoms with van der Waals surface area (Å²) in [7, 11) is 5.16. The molecule has 0 amide bonds. The molecule has 1 saturated heterocycles. The van der Waals surface area contributed by atoms with E-state index in [4.69, 9.17) is 9.72 Å². The van der Waals surface area contributed by atoms with E-state index in [9.17, 15) is 5.11 Å². The topological polar surface area (TPSA) is 81.9 Å². The fraction of sp³-hybridized carbons (Fsp3) is 0.571. The molecule has 2 aliphatic rings. The van der Waals surface area contributed by atoms with Crippen molar-refractivity contribution in [1.82, 2.24) is 24.3 Å². The van der Waals surface area contributed by atoms with E-state index < -0.39 is 12.0 Å². The zero-order chi connectivity index (χ0) is 27.0. The molecule has 10 heteroatoms. The minimum Gasteiger partial charge on any atom is -0.495 e. The van der Waals surface area contributed by atoms with Crippen LogP contribution in [0.1, 0.15) is 57.5 Å². The van der Waals surface area contributed by atoms with Crippen LogP contribution in [0.2, 0.25) is 0 Å². The fourth-order valence-corrected chi connectivity index (χ4v) is 5.77. The molecule has 3 heterocycles. The Hall–Kier alpha value is -2.95. The Morgan fingerprint density at radius 2 is 1.84 bits per heavy atom. The molecule has 206 valence electrons. The molecule has 1 unspecified atom stereocenters. The summed E-state index contributed by atoms with van der Waals surface area (Å²) in [6.07, 6.45) is 4.48. The number of hydrogen-bond donors (Lipinski definition) is 2. The molecule has 2 aromatic heterocycles. The quantitative estimate of drug-likeness (QED) is 0.416. The first-order chi connectivity index (χ1) is 18.3. The van der Waals surface area contributed by atoms with E-state index in [2.05, 4.69) is 40.0 Å². The van der Waals surface area contributed by atoms with E-state index in [1.54, 1.807) is 26.1 Å². The second kappa shape index (κ2) is 11.0. The summed E-state index contributed by atoms with van der Waals surface area (Å²) in [5.74, 6) is 0.703. The molecule has 1 aliphatic carbocycles. The number of aliphatic hydroxyl groups excluding tert-OH is 1. The lowest BCUT2D eigenvalue weighted by molar-refractivity contribution is 0.0286. The predicted molar refractivity (Wildman–Crippen MR) is 149 cm³/mol. The van der Waals surface area contributed by atoms with Gasteiger partial charge in [0.1, 0.15) is 17.1 Å². The highest BCUT2D eigenvalue weighted by molar-refractivity contribution is 5.80. The largest absolute Gasteiger partial charge is 0.495 e. The van der Waals surface area contributed by atoms with Crippen LogP contribution in [0.3, 0.4) is 0 Å². The average molecular weight is 526 g/mol. The number of hydrogen-bond acceptors (Lipinski definition) is 8. The highest BCUT2D eigenvalue weighted by Gasteiger charge is 2.31. The number of piperazine rings is 1. The first kappa shape index (κ1) is 26.6. The molecule has 9 nitrogen and oxygen atoms in total. The Labute approximate surface area is 224 Å². The van der Waals surface area contributed by atoms with Crippen LogP contribution in [0, 0.1) is 5.82 Å². The Kier molecular flexibility index (Phi) is 7.74. The number of nitrogens with one attached hydrogen (secondary N) is 1. The number of fused-ring (bicyclic) bond motifs is 1. The van der Waals surface area contributed by atoms with Crippen LogP contribution in [0.5, 0.6) is 5.75 Å². The number of ether oxygens (including phenoxy) is 1. The second-order valence-corrected chi connectivity index (χ2v) is 10.9. The van der Waals surface area contributed by atoms with Gasteiger partial charge >= 0.3 is 0 Å². The Morgan fingerprint density at radius 1 is 1.13 bits per heavy atom. The molecule has 1 aromatic carbocycles. The van der Waals surface area contributed by atoms with Crippen LogP contribution in [0.4, 0.5) is 21.7 Å². The first-order valence-corrected chi connectivity index (χ1v) is 13.6. The van der Waals surface area contributed by atoms with Crippen molar-refractivity contribution in [2.75, 3.05) is 57.6 Å². The van der Waals surface area contributed by atoms with Crippen LogP contribution in [-0.4, -0.2) is 82.9 Å². The lowest BCUT2D eigenvalue weighted by atomic mass is 10.2. The van der Waals surface area contributed by atoms with Gasteiger partial charge in [0.25, 0.3) is 0 Å². The van der Waals surface area contributed by atoms with Crippen molar-refractivity contribution in [2.24, 2.45) is 0 Å². The van der Waals surface area contributed by atoms with Crippen molar-refractivity contribution in [3.63, 3.8) is 0 Å². The molecule has 0 radical (unpaired) electrons. The van der Waals surface area contributed by atoms with Gasteiger partial charge in [-0.25, -0.2) is 9.37 Å². The smallest absolute Gasteiger partial charge is 0.229 e. The molecule has 2 fully saturated rings. The van der Waals surface area contributed by atoms with E-state index >= 15 is 4.39 Å². The third-order valence-corrected chi connectivity index (χ3v) is 7.96. The molecule has 3 aromatic rings. The Morgan fingerprint density at radius 3 is 2.47 bits per heavy atom. The number of aliphatic hydroxyl groups is 1. The van der Waals surface area contributed by atoms with Gasteiger partial charge in [0, 0.05) is 56.2 Å². The van der Waals surface area contributed by atoms with Gasteiger partial charge in [0.2, 0.25) is 5.95 Å². The molecule has 0 spiro atoms. The van der Waals surface area contributed by atoms with Crippen molar-refractivity contribution in [3.05, 3.63) is 35.9 Å². The van der Waals surface area contributed by atoms with Crippen LogP contribution >= 0.6 is 0 Å². The van der Waals surface area contributed by atoms with Gasteiger partial charge in [-0.3, -0.25) is 9.80 Å². The summed E-state index contributed by atoms with van der Waals surface area (Å²) >= 11 is 0. The lowest BCUT2D eigenvalue weighted by Gasteiger charge is -2.38. The van der Waals surface area contributed by atoms with Gasteiger partial charge in [-0.2, -0.15) is 4.98 Å². The van der Waals surface area contributed by atoms with Crippen molar-refractivity contribution in [2.45, 2.75) is 57.8 Å². The third-order valence-electron chi connectivity index (χ3n) is 7.96. The van der Waals surface area contributed by atoms with E-state index in [0.29, 0.717) is 23.0 Å². The molecule has 1 aliphatic heterocycles. The van der Waals surface area contributed by atoms with Crippen LogP contribution in [0.25, 0.3) is 11.0 Å². The summed E-state index contributed by atoms with van der Waals surface area (Å²) in [6.45, 7) is 8.42. The predicted octanol–water partition coefficient (Wildman–Crippen LogP) is 4.52. The minimum absolute atomic E-state index is 0.102. The normalized spacial score (nSPS) is 18.2. The van der Waals surface area contributed by atoms with Gasteiger partial charge in [0.15, 0.2) is 12.0 Å². The molecule has 1 saturated carbocycles. The number of halogens is 1. The van der Waals surface area contributed by atoms with E-state index in [-0.39, 0.29) is 11.7 Å². The van der Waals surface area contributed by atoms with Crippen molar-refractivity contribution in [3.8, 4) is 5.75 Å². The molecular formula is C28H40FN7O2. The lowest BCUT2D eigenvalue weighted by Crippen LogP contribution is -2.49. The number of methoxy groups -OCH3 is 1. The van der Waals surface area contributed by atoms with Gasteiger partial charge in [-0.15, -0.1) is 0 Å². The Balaban J connectivity index is 1.44. The summed E-state index contributed by atoms with van der Waals surface area (Å²) in [4.78, 5) is 15.6. The van der Waals surface area contributed by atoms with Gasteiger partial charge in [0.05, 0.1) is 18.2 Å². The zero-order valence-corrected chi connectivity index (χ0v) is 23.1. The molecule has 2 N–H and O–H groups in total. The fourth-order valence-electron chi connectivity index (χ4n) is 5.77. The van der Waals surface area contributed by atoms with Crippen molar-refractivity contribution < 1.29 is 14.2 Å². The van der Waals surface area contributed by atoms with Crippen molar-refractivity contribution >= 4 is 28.4 Å². The molecule has 5 rings (SSSR count). The van der Waals surface area contributed by atoms with Crippen LogP contribution in [-0.2, 0) is 0 Å².